The maximum absolute atomic E-state index is 13.0. The van der Waals surface area contributed by atoms with Gasteiger partial charge in [-0.2, -0.15) is 26.3 Å². The zero-order valence-corrected chi connectivity index (χ0v) is 7.47. The molecule has 0 aliphatic heterocycles. The number of rotatable bonds is 5. The van der Waals surface area contributed by atoms with Crippen molar-refractivity contribution >= 4 is 5.78 Å². The van der Waals surface area contributed by atoms with Gasteiger partial charge in [0.1, 0.15) is 0 Å². The van der Waals surface area contributed by atoms with E-state index in [1.165, 1.54) is 0 Å². The molecule has 9 heteroatoms. The van der Waals surface area contributed by atoms with E-state index in [1.54, 1.807) is 0 Å². The van der Waals surface area contributed by atoms with Crippen LogP contribution in [-0.2, 0) is 9.53 Å². The van der Waals surface area contributed by atoms with Crippen molar-refractivity contribution in [1.82, 2.24) is 0 Å². The lowest BCUT2D eigenvalue weighted by molar-refractivity contribution is -0.393. The first kappa shape index (κ1) is 14.9. The molecule has 0 aromatic heterocycles. The molecular weight excluding hydrogens is 246 g/mol. The lowest BCUT2D eigenvalue weighted by Crippen LogP contribution is -2.56. The summed E-state index contributed by atoms with van der Waals surface area (Å²) >= 11 is 0. The first-order chi connectivity index (χ1) is 7.06. The summed E-state index contributed by atoms with van der Waals surface area (Å²) in [5.74, 6) is -7.01. The molecular formula is C7H6F6O3. The number of aliphatic hydroxyl groups excluding tert-OH is 1. The highest BCUT2D eigenvalue weighted by molar-refractivity contribution is 5.93. The van der Waals surface area contributed by atoms with E-state index in [1.807, 2.05) is 0 Å². The third-order valence-electron chi connectivity index (χ3n) is 1.47. The number of ether oxygens (including phenoxy) is 1. The number of alkyl halides is 6. The summed E-state index contributed by atoms with van der Waals surface area (Å²) < 4.78 is 74.9. The summed E-state index contributed by atoms with van der Waals surface area (Å²) in [7, 11) is 0. The molecule has 0 heterocycles. The SMILES string of the molecule is C=CC(=O)C(O)C(F)(OC(F)F)C(F)(F)F. The first-order valence-electron chi connectivity index (χ1n) is 3.62. The van der Waals surface area contributed by atoms with Crippen molar-refractivity contribution in [2.75, 3.05) is 0 Å². The molecule has 0 bridgehead atoms. The Morgan fingerprint density at radius 1 is 1.31 bits per heavy atom. The average Bonchev–Trinajstić information content (AvgIpc) is 2.12. The smallest absolute Gasteiger partial charge is 0.379 e. The molecule has 0 aliphatic carbocycles. The summed E-state index contributed by atoms with van der Waals surface area (Å²) in [6, 6.07) is 0. The highest BCUT2D eigenvalue weighted by atomic mass is 19.4. The Morgan fingerprint density at radius 2 is 1.75 bits per heavy atom. The fourth-order valence-corrected chi connectivity index (χ4v) is 0.711. The fourth-order valence-electron chi connectivity index (χ4n) is 0.711. The van der Waals surface area contributed by atoms with Gasteiger partial charge in [0.25, 0.3) is 0 Å². The Hall–Kier alpha value is -1.09. The minimum atomic E-state index is -6.00. The molecule has 0 rings (SSSR count). The predicted molar refractivity (Wildman–Crippen MR) is 38.2 cm³/mol. The lowest BCUT2D eigenvalue weighted by Gasteiger charge is -2.30. The molecule has 0 saturated heterocycles. The Morgan fingerprint density at radius 3 is 2.00 bits per heavy atom. The van der Waals surface area contributed by atoms with Crippen LogP contribution in [0.5, 0.6) is 0 Å². The number of hydrogen-bond acceptors (Lipinski definition) is 3. The van der Waals surface area contributed by atoms with E-state index in [-0.39, 0.29) is 6.08 Å². The number of carbonyl (C=O) groups excluding carboxylic acids is 1. The standard InChI is InChI=1S/C7H6F6O3/c1-2-3(14)4(15)6(10,7(11,12)13)16-5(8)9/h2,4-5,15H,1H2. The Balaban J connectivity index is 5.23. The van der Waals surface area contributed by atoms with Crippen LogP contribution in [0, 0.1) is 0 Å². The fraction of sp³-hybridized carbons (Fsp3) is 0.571. The summed E-state index contributed by atoms with van der Waals surface area (Å²) in [6.07, 6.45) is -9.31. The van der Waals surface area contributed by atoms with Gasteiger partial charge in [-0.25, -0.2) is 0 Å². The quantitative estimate of drug-likeness (QED) is 0.596. The summed E-state index contributed by atoms with van der Waals surface area (Å²) in [4.78, 5) is 10.6. The lowest BCUT2D eigenvalue weighted by atomic mass is 10.1. The van der Waals surface area contributed by atoms with Crippen molar-refractivity contribution in [1.29, 1.82) is 0 Å². The molecule has 0 aliphatic rings. The van der Waals surface area contributed by atoms with Gasteiger partial charge in [0.15, 0.2) is 11.9 Å². The van der Waals surface area contributed by atoms with Gasteiger partial charge >= 0.3 is 18.6 Å². The van der Waals surface area contributed by atoms with Crippen molar-refractivity contribution in [3.8, 4) is 0 Å². The molecule has 0 spiro atoms. The highest BCUT2D eigenvalue weighted by Gasteiger charge is 2.65. The Bertz CT molecular complexity index is 276. The van der Waals surface area contributed by atoms with Crippen LogP contribution in [0.3, 0.4) is 0 Å². The molecule has 94 valence electrons. The van der Waals surface area contributed by atoms with Crippen LogP contribution in [0.2, 0.25) is 0 Å². The van der Waals surface area contributed by atoms with Crippen LogP contribution in [0.1, 0.15) is 0 Å². The van der Waals surface area contributed by atoms with Gasteiger partial charge in [-0.1, -0.05) is 6.58 Å². The van der Waals surface area contributed by atoms with Crippen LogP contribution in [0.4, 0.5) is 26.3 Å². The van der Waals surface area contributed by atoms with Crippen LogP contribution >= 0.6 is 0 Å². The monoisotopic (exact) mass is 252 g/mol. The van der Waals surface area contributed by atoms with E-state index in [2.05, 4.69) is 11.3 Å². The minimum absolute atomic E-state index is 0.152. The largest absolute Gasteiger partial charge is 0.451 e. The molecule has 0 aromatic carbocycles. The van der Waals surface area contributed by atoms with Crippen molar-refractivity contribution in [2.24, 2.45) is 0 Å². The zero-order chi connectivity index (χ0) is 13.1. The van der Waals surface area contributed by atoms with E-state index >= 15 is 0 Å². The van der Waals surface area contributed by atoms with E-state index in [0.717, 1.165) is 0 Å². The second-order valence-corrected chi connectivity index (χ2v) is 2.53. The number of ketones is 1. The van der Waals surface area contributed by atoms with Gasteiger partial charge in [0.2, 0.25) is 0 Å². The first-order valence-corrected chi connectivity index (χ1v) is 3.62. The maximum atomic E-state index is 13.0. The second kappa shape index (κ2) is 4.83. The topological polar surface area (TPSA) is 46.5 Å². The van der Waals surface area contributed by atoms with E-state index in [9.17, 15) is 31.1 Å². The van der Waals surface area contributed by atoms with Crippen molar-refractivity contribution in [3.63, 3.8) is 0 Å². The molecule has 3 nitrogen and oxygen atoms in total. The molecule has 2 atom stereocenters. The van der Waals surface area contributed by atoms with Gasteiger partial charge in [-0.15, -0.1) is 0 Å². The van der Waals surface area contributed by atoms with E-state index in [0.29, 0.717) is 0 Å². The van der Waals surface area contributed by atoms with Crippen molar-refractivity contribution < 1.29 is 41.0 Å². The number of halogens is 6. The normalized spacial score (nSPS) is 18.0. The molecule has 0 saturated carbocycles. The summed E-state index contributed by atoms with van der Waals surface area (Å²) in [5.41, 5.74) is 0. The molecule has 0 amide bonds. The molecule has 0 fully saturated rings. The number of hydrogen-bond donors (Lipinski definition) is 1. The third-order valence-corrected chi connectivity index (χ3v) is 1.47. The minimum Gasteiger partial charge on any atom is -0.379 e. The molecule has 2 unspecified atom stereocenters. The molecule has 0 radical (unpaired) electrons. The van der Waals surface area contributed by atoms with Gasteiger partial charge in [-0.05, 0) is 6.08 Å². The Kier molecular flexibility index (Phi) is 4.50. The van der Waals surface area contributed by atoms with Crippen LogP contribution in [0.25, 0.3) is 0 Å². The van der Waals surface area contributed by atoms with E-state index < -0.39 is 30.5 Å². The molecule has 1 N–H and O–H groups in total. The third kappa shape index (κ3) is 2.95. The van der Waals surface area contributed by atoms with Crippen LogP contribution < -0.4 is 0 Å². The van der Waals surface area contributed by atoms with E-state index in [4.69, 9.17) is 5.11 Å². The van der Waals surface area contributed by atoms with Crippen LogP contribution in [-0.4, -0.2) is 35.6 Å². The zero-order valence-electron chi connectivity index (χ0n) is 7.47. The maximum Gasteiger partial charge on any atom is 0.451 e. The van der Waals surface area contributed by atoms with Crippen molar-refractivity contribution in [3.05, 3.63) is 12.7 Å². The van der Waals surface area contributed by atoms with Gasteiger partial charge in [0.05, 0.1) is 0 Å². The summed E-state index contributed by atoms with van der Waals surface area (Å²) in [5, 5.41) is 8.65. The van der Waals surface area contributed by atoms with Gasteiger partial charge in [-0.3, -0.25) is 9.53 Å². The van der Waals surface area contributed by atoms with Crippen molar-refractivity contribution in [2.45, 2.75) is 24.7 Å². The molecule has 0 aromatic rings. The van der Waals surface area contributed by atoms with Gasteiger partial charge in [0, 0.05) is 0 Å². The van der Waals surface area contributed by atoms with Crippen LogP contribution in [0.15, 0.2) is 12.7 Å². The second-order valence-electron chi connectivity index (χ2n) is 2.53. The summed E-state index contributed by atoms with van der Waals surface area (Å²) in [6.45, 7) is -1.48. The van der Waals surface area contributed by atoms with Gasteiger partial charge < -0.3 is 5.11 Å². The number of aliphatic hydroxyl groups is 1. The highest BCUT2D eigenvalue weighted by Crippen LogP contribution is 2.39. The number of carbonyl (C=O) groups is 1. The predicted octanol–water partition coefficient (Wildman–Crippen LogP) is 1.57. The average molecular weight is 252 g/mol. The molecule has 16 heavy (non-hydrogen) atoms. The Labute approximate surface area is 85.3 Å².